The Morgan fingerprint density at radius 1 is 1.00 bits per heavy atom. The van der Waals surface area contributed by atoms with E-state index in [4.69, 9.17) is 9.97 Å². The molecule has 4 aromatic rings. The van der Waals surface area contributed by atoms with Crippen molar-refractivity contribution >= 4 is 28.1 Å². The van der Waals surface area contributed by atoms with Crippen LogP contribution in [0.1, 0.15) is 29.5 Å². The number of nitrogens with zero attached hydrogens (tertiary/aromatic N) is 5. The first kappa shape index (κ1) is 19.9. The number of anilines is 1. The summed E-state index contributed by atoms with van der Waals surface area (Å²) in [5.41, 5.74) is 0.887. The van der Waals surface area contributed by atoms with Crippen LogP contribution in [0.15, 0.2) is 54.2 Å². The number of aromatic nitrogens is 4. The second-order valence-corrected chi connectivity index (χ2v) is 8.37. The highest BCUT2D eigenvalue weighted by atomic mass is 32.1. The molecule has 31 heavy (non-hydrogen) atoms. The molecule has 1 saturated heterocycles. The fourth-order valence-electron chi connectivity index (χ4n) is 3.91. The maximum atomic E-state index is 13.0. The lowest BCUT2D eigenvalue weighted by atomic mass is 9.98. The first-order valence-corrected chi connectivity index (χ1v) is 10.8. The number of hydrogen-bond donors (Lipinski definition) is 0. The van der Waals surface area contributed by atoms with Crippen LogP contribution >= 0.6 is 11.3 Å². The molecule has 1 atom stereocenters. The van der Waals surface area contributed by atoms with Gasteiger partial charge in [-0.15, -0.1) is 11.3 Å². The average molecular weight is 441 g/mol. The third kappa shape index (κ3) is 3.97. The topological polar surface area (TPSA) is 54.8 Å². The second-order valence-electron chi connectivity index (χ2n) is 7.48. The maximum Gasteiger partial charge on any atom is 0.434 e. The van der Waals surface area contributed by atoms with Gasteiger partial charge in [0.2, 0.25) is 0 Å². The smallest absolute Gasteiger partial charge is 0.355 e. The van der Waals surface area contributed by atoms with Gasteiger partial charge in [0.15, 0.2) is 11.5 Å². The van der Waals surface area contributed by atoms with Crippen molar-refractivity contribution in [3.8, 4) is 11.4 Å². The van der Waals surface area contributed by atoms with Gasteiger partial charge < -0.3 is 4.90 Å². The predicted molar refractivity (Wildman–Crippen MR) is 114 cm³/mol. The summed E-state index contributed by atoms with van der Waals surface area (Å²) in [6.45, 7) is 1.35. The van der Waals surface area contributed by atoms with Crippen LogP contribution in [-0.4, -0.2) is 33.0 Å². The minimum absolute atomic E-state index is 0.0621. The summed E-state index contributed by atoms with van der Waals surface area (Å²) in [4.78, 5) is 19.7. The summed E-state index contributed by atoms with van der Waals surface area (Å²) in [5.74, 6) is 1.34. The van der Waals surface area contributed by atoms with Gasteiger partial charge in [0, 0.05) is 47.7 Å². The highest BCUT2D eigenvalue weighted by Gasteiger charge is 2.35. The van der Waals surface area contributed by atoms with E-state index in [1.54, 1.807) is 12.4 Å². The van der Waals surface area contributed by atoms with E-state index in [1.165, 1.54) is 0 Å². The Hall–Kier alpha value is -3.07. The number of benzene rings is 1. The monoisotopic (exact) mass is 441 g/mol. The van der Waals surface area contributed by atoms with Crippen LogP contribution in [0.2, 0.25) is 0 Å². The number of halogens is 3. The van der Waals surface area contributed by atoms with Crippen LogP contribution in [0.5, 0.6) is 0 Å². The summed E-state index contributed by atoms with van der Waals surface area (Å²) >= 11 is 1.09. The Morgan fingerprint density at radius 2 is 1.81 bits per heavy atom. The quantitative estimate of drug-likeness (QED) is 0.417. The Kier molecular flexibility index (Phi) is 5.05. The van der Waals surface area contributed by atoms with Crippen LogP contribution in [0.3, 0.4) is 0 Å². The van der Waals surface area contributed by atoms with Crippen LogP contribution in [0, 0.1) is 0 Å². The molecule has 1 aliphatic rings. The maximum absolute atomic E-state index is 13.0. The van der Waals surface area contributed by atoms with Crippen molar-refractivity contribution in [1.82, 2.24) is 19.9 Å². The molecule has 3 aromatic heterocycles. The fourth-order valence-corrected chi connectivity index (χ4v) is 4.86. The molecule has 1 fully saturated rings. The number of pyridine rings is 1. The zero-order chi connectivity index (χ0) is 21.4. The fraction of sp³-hybridized carbons (Fsp3) is 0.273. The summed E-state index contributed by atoms with van der Waals surface area (Å²) in [5, 5.41) is 2.57. The number of piperidine rings is 1. The summed E-state index contributed by atoms with van der Waals surface area (Å²) in [7, 11) is 0. The van der Waals surface area contributed by atoms with Crippen molar-refractivity contribution < 1.29 is 13.2 Å². The molecule has 0 amide bonds. The minimum Gasteiger partial charge on any atom is -0.355 e. The predicted octanol–water partition coefficient (Wildman–Crippen LogP) is 5.55. The molecule has 0 aliphatic carbocycles. The largest absolute Gasteiger partial charge is 0.434 e. The number of rotatable bonds is 3. The third-order valence-corrected chi connectivity index (χ3v) is 6.41. The molecular weight excluding hydrogens is 423 g/mol. The molecule has 1 aliphatic heterocycles. The molecule has 5 nitrogen and oxygen atoms in total. The normalized spacial score (nSPS) is 17.3. The van der Waals surface area contributed by atoms with Gasteiger partial charge in [0.1, 0.15) is 5.82 Å². The lowest BCUT2D eigenvalue weighted by Crippen LogP contribution is -2.35. The van der Waals surface area contributed by atoms with E-state index >= 15 is 0 Å². The van der Waals surface area contributed by atoms with E-state index < -0.39 is 11.9 Å². The molecule has 5 rings (SSSR count). The van der Waals surface area contributed by atoms with E-state index in [1.807, 2.05) is 36.4 Å². The van der Waals surface area contributed by atoms with Gasteiger partial charge in [-0.1, -0.05) is 12.1 Å². The van der Waals surface area contributed by atoms with E-state index in [-0.39, 0.29) is 5.92 Å². The second kappa shape index (κ2) is 7.88. The molecule has 0 saturated carbocycles. The summed E-state index contributed by atoms with van der Waals surface area (Å²) in [6, 6.07) is 11.5. The number of alkyl halides is 3. The van der Waals surface area contributed by atoms with Gasteiger partial charge in [-0.3, -0.25) is 4.98 Å². The van der Waals surface area contributed by atoms with Gasteiger partial charge in [-0.2, -0.15) is 13.2 Å². The van der Waals surface area contributed by atoms with E-state index in [9.17, 15) is 13.2 Å². The van der Waals surface area contributed by atoms with Gasteiger partial charge in [0.25, 0.3) is 0 Å². The number of fused-ring (bicyclic) bond motifs is 1. The van der Waals surface area contributed by atoms with Crippen molar-refractivity contribution in [2.45, 2.75) is 24.9 Å². The standard InChI is InChI=1S/C22H18F3N5S/c23-22(24,25)18-13-31-21(28-18)15-4-3-11-30(12-15)20-16-5-1-2-6-17(16)27-19(29-20)14-7-9-26-10-8-14/h1-2,5-10,13,15H,3-4,11-12H2. The van der Waals surface area contributed by atoms with E-state index in [0.717, 1.165) is 58.4 Å². The van der Waals surface area contributed by atoms with Crippen molar-refractivity contribution in [2.75, 3.05) is 18.0 Å². The molecule has 1 aromatic carbocycles. The van der Waals surface area contributed by atoms with Crippen LogP contribution < -0.4 is 4.90 Å². The molecule has 0 N–H and O–H groups in total. The van der Waals surface area contributed by atoms with E-state index in [0.29, 0.717) is 17.4 Å². The highest BCUT2D eigenvalue weighted by molar-refractivity contribution is 7.09. The molecule has 9 heteroatoms. The molecule has 1 unspecified atom stereocenters. The Morgan fingerprint density at radius 3 is 2.58 bits per heavy atom. The summed E-state index contributed by atoms with van der Waals surface area (Å²) in [6.07, 6.45) is 0.651. The molecular formula is C22H18F3N5S. The summed E-state index contributed by atoms with van der Waals surface area (Å²) < 4.78 is 39.0. The molecule has 0 bridgehead atoms. The lowest BCUT2D eigenvalue weighted by Gasteiger charge is -2.33. The average Bonchev–Trinajstić information content (AvgIpc) is 3.30. The Bertz CT molecular complexity index is 1210. The zero-order valence-corrected chi connectivity index (χ0v) is 17.2. The van der Waals surface area contributed by atoms with Crippen LogP contribution in [-0.2, 0) is 6.18 Å². The van der Waals surface area contributed by atoms with Crippen molar-refractivity contribution in [3.63, 3.8) is 0 Å². The number of hydrogen-bond acceptors (Lipinski definition) is 6. The van der Waals surface area contributed by atoms with Gasteiger partial charge in [-0.25, -0.2) is 15.0 Å². The minimum atomic E-state index is -4.41. The molecule has 0 radical (unpaired) electrons. The first-order chi connectivity index (χ1) is 15.0. The zero-order valence-electron chi connectivity index (χ0n) is 16.4. The highest BCUT2D eigenvalue weighted by Crippen LogP contribution is 2.37. The van der Waals surface area contributed by atoms with Crippen LogP contribution in [0.25, 0.3) is 22.3 Å². The van der Waals surface area contributed by atoms with Crippen molar-refractivity contribution in [1.29, 1.82) is 0 Å². The lowest BCUT2D eigenvalue weighted by molar-refractivity contribution is -0.140. The molecule has 0 spiro atoms. The van der Waals surface area contributed by atoms with E-state index in [2.05, 4.69) is 14.9 Å². The van der Waals surface area contributed by atoms with Gasteiger partial charge in [0.05, 0.1) is 10.5 Å². The number of thiazole rings is 1. The third-order valence-electron chi connectivity index (χ3n) is 5.40. The first-order valence-electron chi connectivity index (χ1n) is 9.94. The SMILES string of the molecule is FC(F)(F)c1csc(C2CCCN(c3nc(-c4ccncc4)nc4ccccc34)C2)n1. The van der Waals surface area contributed by atoms with Crippen molar-refractivity contribution in [3.05, 3.63) is 64.9 Å². The molecule has 4 heterocycles. The van der Waals surface area contributed by atoms with Gasteiger partial charge >= 0.3 is 6.18 Å². The van der Waals surface area contributed by atoms with Gasteiger partial charge in [-0.05, 0) is 37.1 Å². The Labute approximate surface area is 180 Å². The molecule has 158 valence electrons. The van der Waals surface area contributed by atoms with Crippen molar-refractivity contribution in [2.24, 2.45) is 0 Å². The Balaban J connectivity index is 1.52. The number of para-hydroxylation sites is 1. The van der Waals surface area contributed by atoms with Crippen LogP contribution in [0.4, 0.5) is 19.0 Å².